The molecular weight excluding hydrogens is 376 g/mol. The van der Waals surface area contributed by atoms with E-state index in [2.05, 4.69) is 4.72 Å². The van der Waals surface area contributed by atoms with Crippen molar-refractivity contribution in [1.82, 2.24) is 4.72 Å². The van der Waals surface area contributed by atoms with Gasteiger partial charge in [-0.25, -0.2) is 13.1 Å². The number of carbonyl (C=O) groups is 1. The third-order valence-corrected chi connectivity index (χ3v) is 6.45. The molecule has 0 aliphatic heterocycles. The van der Waals surface area contributed by atoms with Crippen LogP contribution >= 0.6 is 11.3 Å². The quantitative estimate of drug-likeness (QED) is 0.563. The van der Waals surface area contributed by atoms with E-state index in [0.29, 0.717) is 12.8 Å². The van der Waals surface area contributed by atoms with Gasteiger partial charge in [0.1, 0.15) is 5.75 Å². The lowest BCUT2D eigenvalue weighted by Crippen LogP contribution is -2.26. The first-order chi connectivity index (χ1) is 12.4. The molecule has 2 aromatic rings. The first-order valence-electron chi connectivity index (χ1n) is 8.00. The molecule has 26 heavy (non-hydrogen) atoms. The Labute approximate surface area is 156 Å². The Bertz CT molecular complexity index is 835. The lowest BCUT2D eigenvalue weighted by molar-refractivity contribution is 0.0997. The van der Waals surface area contributed by atoms with Gasteiger partial charge in [-0.1, -0.05) is 6.07 Å². The molecule has 2 rings (SSSR count). The number of aliphatic hydroxyl groups is 1. The molecule has 1 aromatic carbocycles. The number of ether oxygens (including phenoxy) is 1. The summed E-state index contributed by atoms with van der Waals surface area (Å²) in [5.41, 5.74) is 5.28. The van der Waals surface area contributed by atoms with Gasteiger partial charge < -0.3 is 15.6 Å². The van der Waals surface area contributed by atoms with Crippen molar-refractivity contribution in [2.75, 3.05) is 20.3 Å². The van der Waals surface area contributed by atoms with E-state index >= 15 is 0 Å². The number of amides is 1. The third kappa shape index (κ3) is 5.04. The molecule has 0 aliphatic carbocycles. The zero-order valence-corrected chi connectivity index (χ0v) is 16.0. The Kier molecular flexibility index (Phi) is 7.15. The molecule has 0 fully saturated rings. The van der Waals surface area contributed by atoms with Crippen molar-refractivity contribution < 1.29 is 23.1 Å². The summed E-state index contributed by atoms with van der Waals surface area (Å²) in [5.74, 6) is -0.462. The van der Waals surface area contributed by atoms with Crippen molar-refractivity contribution >= 4 is 27.3 Å². The number of primary amides is 1. The van der Waals surface area contributed by atoms with Gasteiger partial charge in [-0.2, -0.15) is 0 Å². The topological polar surface area (TPSA) is 119 Å². The maximum Gasteiger partial charge on any atom is 0.252 e. The van der Waals surface area contributed by atoms with Crippen LogP contribution in [0.2, 0.25) is 0 Å². The predicted molar refractivity (Wildman–Crippen MR) is 100 cm³/mol. The second-order valence-electron chi connectivity index (χ2n) is 5.64. The van der Waals surface area contributed by atoms with Crippen molar-refractivity contribution in [2.24, 2.45) is 5.73 Å². The summed E-state index contributed by atoms with van der Waals surface area (Å²) in [6.45, 7) is 0.249. The number of sulfonamides is 1. The normalized spacial score (nSPS) is 12.7. The molecule has 7 nitrogen and oxygen atoms in total. The van der Waals surface area contributed by atoms with E-state index in [0.717, 1.165) is 4.88 Å². The summed E-state index contributed by atoms with van der Waals surface area (Å²) < 4.78 is 32.5. The SMILES string of the molecule is COc1ccc(S(=O)(=O)NCCC(CCO)c2cccs2)cc1C(N)=O. The molecule has 1 unspecified atom stereocenters. The highest BCUT2D eigenvalue weighted by molar-refractivity contribution is 7.89. The van der Waals surface area contributed by atoms with Gasteiger partial charge in [0.15, 0.2) is 0 Å². The molecule has 0 radical (unpaired) electrons. The number of hydrogen-bond acceptors (Lipinski definition) is 6. The first kappa shape index (κ1) is 20.4. The minimum atomic E-state index is -3.79. The lowest BCUT2D eigenvalue weighted by atomic mass is 10.0. The van der Waals surface area contributed by atoms with Crippen molar-refractivity contribution in [3.8, 4) is 5.75 Å². The van der Waals surface area contributed by atoms with Crippen LogP contribution in [-0.2, 0) is 10.0 Å². The van der Waals surface area contributed by atoms with Crippen molar-refractivity contribution in [2.45, 2.75) is 23.7 Å². The number of methoxy groups -OCH3 is 1. The van der Waals surface area contributed by atoms with Crippen LogP contribution in [-0.4, -0.2) is 39.7 Å². The molecule has 0 bridgehead atoms. The van der Waals surface area contributed by atoms with Crippen molar-refractivity contribution in [3.63, 3.8) is 0 Å². The number of aliphatic hydroxyl groups excluding tert-OH is 1. The molecule has 0 aliphatic rings. The molecule has 1 aromatic heterocycles. The summed E-state index contributed by atoms with van der Waals surface area (Å²) in [6.07, 6.45) is 1.12. The lowest BCUT2D eigenvalue weighted by Gasteiger charge is -2.15. The van der Waals surface area contributed by atoms with Gasteiger partial charge in [0.05, 0.1) is 17.6 Å². The second-order valence-corrected chi connectivity index (χ2v) is 8.38. The highest BCUT2D eigenvalue weighted by Crippen LogP contribution is 2.27. The van der Waals surface area contributed by atoms with Gasteiger partial charge in [0.2, 0.25) is 10.0 Å². The summed E-state index contributed by atoms with van der Waals surface area (Å²) in [7, 11) is -2.42. The van der Waals surface area contributed by atoms with E-state index < -0.39 is 15.9 Å². The van der Waals surface area contributed by atoms with Gasteiger partial charge in [0, 0.05) is 18.0 Å². The van der Waals surface area contributed by atoms with E-state index in [4.69, 9.17) is 10.5 Å². The molecule has 9 heteroatoms. The first-order valence-corrected chi connectivity index (χ1v) is 10.4. The van der Waals surface area contributed by atoms with Crippen LogP contribution in [0.5, 0.6) is 5.75 Å². The summed E-state index contributed by atoms with van der Waals surface area (Å²) >= 11 is 1.58. The van der Waals surface area contributed by atoms with E-state index in [1.54, 1.807) is 11.3 Å². The van der Waals surface area contributed by atoms with Gasteiger partial charge in [-0.3, -0.25) is 4.79 Å². The molecule has 0 spiro atoms. The predicted octanol–water partition coefficient (Wildman–Crippen LogP) is 1.69. The molecule has 0 saturated carbocycles. The van der Waals surface area contributed by atoms with Crippen LogP contribution in [0.15, 0.2) is 40.6 Å². The van der Waals surface area contributed by atoms with E-state index in [1.807, 2.05) is 17.5 Å². The number of nitrogens with one attached hydrogen (secondary N) is 1. The monoisotopic (exact) mass is 398 g/mol. The maximum absolute atomic E-state index is 12.5. The minimum Gasteiger partial charge on any atom is -0.496 e. The van der Waals surface area contributed by atoms with Crippen LogP contribution in [0.1, 0.15) is 34.0 Å². The fourth-order valence-electron chi connectivity index (χ4n) is 2.61. The number of rotatable bonds is 10. The largest absolute Gasteiger partial charge is 0.496 e. The number of hydrogen-bond donors (Lipinski definition) is 3. The zero-order valence-electron chi connectivity index (χ0n) is 14.3. The standard InChI is InChI=1S/C17H22N2O5S2/c1-24-15-5-4-13(11-14(15)17(18)21)26(22,23)19-8-6-12(7-9-20)16-3-2-10-25-16/h2-5,10-12,19-20H,6-9H2,1H3,(H2,18,21). The van der Waals surface area contributed by atoms with Crippen LogP contribution in [0.3, 0.4) is 0 Å². The molecule has 0 saturated heterocycles. The highest BCUT2D eigenvalue weighted by atomic mass is 32.2. The van der Waals surface area contributed by atoms with Gasteiger partial charge in [-0.05, 0) is 48.4 Å². The molecule has 142 valence electrons. The Balaban J connectivity index is 2.08. The van der Waals surface area contributed by atoms with Gasteiger partial charge in [0.25, 0.3) is 5.91 Å². The summed E-state index contributed by atoms with van der Waals surface area (Å²) in [4.78, 5) is 12.5. The van der Waals surface area contributed by atoms with E-state index in [9.17, 15) is 18.3 Å². The summed E-state index contributed by atoms with van der Waals surface area (Å²) in [5, 5.41) is 11.2. The maximum atomic E-state index is 12.5. The van der Waals surface area contributed by atoms with E-state index in [1.165, 1.54) is 25.3 Å². The Morgan fingerprint density at radius 3 is 2.69 bits per heavy atom. The second kappa shape index (κ2) is 9.13. The number of carbonyl (C=O) groups excluding carboxylic acids is 1. The molecule has 4 N–H and O–H groups in total. The molecule has 1 amide bonds. The fourth-order valence-corrected chi connectivity index (χ4v) is 4.58. The Hall–Kier alpha value is -1.94. The Morgan fingerprint density at radius 2 is 2.12 bits per heavy atom. The third-order valence-electron chi connectivity index (χ3n) is 3.95. The van der Waals surface area contributed by atoms with Crippen molar-refractivity contribution in [1.29, 1.82) is 0 Å². The smallest absolute Gasteiger partial charge is 0.252 e. The summed E-state index contributed by atoms with van der Waals surface area (Å²) in [6, 6.07) is 7.86. The van der Waals surface area contributed by atoms with Gasteiger partial charge >= 0.3 is 0 Å². The van der Waals surface area contributed by atoms with Gasteiger partial charge in [-0.15, -0.1) is 11.3 Å². The molecule has 1 atom stereocenters. The van der Waals surface area contributed by atoms with Crippen LogP contribution in [0, 0.1) is 0 Å². The van der Waals surface area contributed by atoms with E-state index in [-0.39, 0.29) is 35.3 Å². The minimum absolute atomic E-state index is 0.00659. The molecular formula is C17H22N2O5S2. The van der Waals surface area contributed by atoms with Crippen LogP contribution in [0.25, 0.3) is 0 Å². The zero-order chi connectivity index (χ0) is 19.2. The average Bonchev–Trinajstić information content (AvgIpc) is 3.14. The van der Waals surface area contributed by atoms with Crippen molar-refractivity contribution in [3.05, 3.63) is 46.2 Å². The number of benzene rings is 1. The highest BCUT2D eigenvalue weighted by Gasteiger charge is 2.19. The molecule has 1 heterocycles. The Morgan fingerprint density at radius 1 is 1.35 bits per heavy atom. The number of nitrogens with two attached hydrogens (primary N) is 1. The van der Waals surface area contributed by atoms with Crippen LogP contribution < -0.4 is 15.2 Å². The van der Waals surface area contributed by atoms with Crippen LogP contribution in [0.4, 0.5) is 0 Å². The number of thiophene rings is 1. The average molecular weight is 399 g/mol. The fraction of sp³-hybridized carbons (Fsp3) is 0.353.